The number of carbonyl (C=O) groups is 1. The maximum Gasteiger partial charge on any atom is 0.251 e. The average molecular weight is 331 g/mol. The number of hydrogen-bond donors (Lipinski definition) is 2. The third-order valence-electron chi connectivity index (χ3n) is 4.04. The van der Waals surface area contributed by atoms with Gasteiger partial charge in [0.15, 0.2) is 0 Å². The van der Waals surface area contributed by atoms with Crippen molar-refractivity contribution in [1.29, 1.82) is 0 Å². The van der Waals surface area contributed by atoms with Crippen LogP contribution in [0.5, 0.6) is 5.75 Å². The molecule has 0 radical (unpaired) electrons. The summed E-state index contributed by atoms with van der Waals surface area (Å²) in [6.45, 7) is 2.63. The van der Waals surface area contributed by atoms with Crippen molar-refractivity contribution in [3.63, 3.8) is 0 Å². The van der Waals surface area contributed by atoms with Crippen LogP contribution in [0.3, 0.4) is 0 Å². The topological polar surface area (TPSA) is 58.6 Å². The summed E-state index contributed by atoms with van der Waals surface area (Å²) in [7, 11) is 0. The first kappa shape index (κ1) is 16.0. The number of aliphatic hydroxyl groups is 1. The first-order chi connectivity index (χ1) is 11.0. The second-order valence-electron chi connectivity index (χ2n) is 6.25. The van der Waals surface area contributed by atoms with Crippen LogP contribution in [0.2, 0.25) is 0 Å². The second kappa shape index (κ2) is 6.72. The fourth-order valence-electron chi connectivity index (χ4n) is 2.23. The van der Waals surface area contributed by atoms with Gasteiger partial charge < -0.3 is 15.2 Å². The number of hydrogen-bond acceptors (Lipinski definition) is 4. The number of benzene rings is 1. The Morgan fingerprint density at radius 2 is 2.09 bits per heavy atom. The molecule has 1 aromatic heterocycles. The molecule has 1 aliphatic rings. The molecule has 2 N–H and O–H groups in total. The van der Waals surface area contributed by atoms with Gasteiger partial charge in [-0.1, -0.05) is 0 Å². The van der Waals surface area contributed by atoms with Gasteiger partial charge in [0.1, 0.15) is 11.4 Å². The van der Waals surface area contributed by atoms with Crippen molar-refractivity contribution in [3.8, 4) is 5.75 Å². The summed E-state index contributed by atoms with van der Waals surface area (Å²) in [6.07, 6.45) is 2.51. The van der Waals surface area contributed by atoms with E-state index in [1.807, 2.05) is 29.0 Å². The maximum absolute atomic E-state index is 12.2. The predicted octanol–water partition coefficient (Wildman–Crippen LogP) is 3.17. The SMILES string of the molecule is CC(O)(CNC(=O)c1ccc(OCC2CC2)cc1)c1ccsc1. The summed E-state index contributed by atoms with van der Waals surface area (Å²) < 4.78 is 5.66. The molecular formula is C18H21NO3S. The first-order valence-corrected chi connectivity index (χ1v) is 8.75. The van der Waals surface area contributed by atoms with Crippen LogP contribution >= 0.6 is 11.3 Å². The Bertz CT molecular complexity index is 645. The van der Waals surface area contributed by atoms with E-state index in [9.17, 15) is 9.90 Å². The molecule has 1 heterocycles. The zero-order valence-electron chi connectivity index (χ0n) is 13.1. The molecule has 2 aromatic rings. The summed E-state index contributed by atoms with van der Waals surface area (Å²) >= 11 is 1.52. The lowest BCUT2D eigenvalue weighted by molar-refractivity contribution is 0.0530. The highest BCUT2D eigenvalue weighted by Gasteiger charge is 2.24. The van der Waals surface area contributed by atoms with Gasteiger partial charge in [0.25, 0.3) is 5.91 Å². The van der Waals surface area contributed by atoms with E-state index in [4.69, 9.17) is 4.74 Å². The molecule has 0 aliphatic heterocycles. The first-order valence-electron chi connectivity index (χ1n) is 7.81. The molecule has 1 saturated carbocycles. The second-order valence-corrected chi connectivity index (χ2v) is 7.03. The zero-order valence-corrected chi connectivity index (χ0v) is 13.9. The normalized spacial score (nSPS) is 16.6. The van der Waals surface area contributed by atoms with E-state index >= 15 is 0 Å². The Balaban J connectivity index is 1.53. The molecule has 1 fully saturated rings. The van der Waals surface area contributed by atoms with Gasteiger partial charge in [0.2, 0.25) is 0 Å². The largest absolute Gasteiger partial charge is 0.493 e. The minimum absolute atomic E-state index is 0.169. The average Bonchev–Trinajstić information content (AvgIpc) is 3.21. The van der Waals surface area contributed by atoms with Gasteiger partial charge in [-0.05, 0) is 72.3 Å². The van der Waals surface area contributed by atoms with E-state index in [0.717, 1.165) is 17.9 Å². The molecule has 0 spiro atoms. The van der Waals surface area contributed by atoms with Crippen LogP contribution in [0.1, 0.15) is 35.7 Å². The van der Waals surface area contributed by atoms with Crippen molar-refractivity contribution < 1.29 is 14.6 Å². The standard InChI is InChI=1S/C18H21NO3S/c1-18(21,15-8-9-23-11-15)12-19-17(20)14-4-6-16(7-5-14)22-10-13-2-3-13/h4-9,11,13,21H,2-3,10,12H2,1H3,(H,19,20). The van der Waals surface area contributed by atoms with Gasteiger partial charge in [-0.15, -0.1) is 0 Å². The fraction of sp³-hybridized carbons (Fsp3) is 0.389. The smallest absolute Gasteiger partial charge is 0.251 e. The molecule has 1 aromatic carbocycles. The third-order valence-corrected chi connectivity index (χ3v) is 4.72. The molecule has 1 atom stereocenters. The van der Waals surface area contributed by atoms with Crippen LogP contribution in [0.25, 0.3) is 0 Å². The third kappa shape index (κ3) is 4.33. The molecular weight excluding hydrogens is 310 g/mol. The van der Waals surface area contributed by atoms with Gasteiger partial charge in [0, 0.05) is 5.56 Å². The van der Waals surface area contributed by atoms with Gasteiger partial charge in [-0.25, -0.2) is 0 Å². The van der Waals surface area contributed by atoms with E-state index < -0.39 is 5.60 Å². The lowest BCUT2D eigenvalue weighted by atomic mass is 9.99. The van der Waals surface area contributed by atoms with Gasteiger partial charge in [-0.3, -0.25) is 4.79 Å². The van der Waals surface area contributed by atoms with Crippen molar-refractivity contribution in [3.05, 3.63) is 52.2 Å². The molecule has 0 bridgehead atoms. The lowest BCUT2D eigenvalue weighted by Gasteiger charge is -2.22. The summed E-state index contributed by atoms with van der Waals surface area (Å²) in [6, 6.07) is 8.99. The molecule has 23 heavy (non-hydrogen) atoms. The number of ether oxygens (including phenoxy) is 1. The van der Waals surface area contributed by atoms with Crippen molar-refractivity contribution in [2.45, 2.75) is 25.4 Å². The highest BCUT2D eigenvalue weighted by Crippen LogP contribution is 2.29. The monoisotopic (exact) mass is 331 g/mol. The van der Waals surface area contributed by atoms with Crippen molar-refractivity contribution in [2.75, 3.05) is 13.2 Å². The van der Waals surface area contributed by atoms with E-state index in [1.165, 1.54) is 24.2 Å². The van der Waals surface area contributed by atoms with Crippen molar-refractivity contribution >= 4 is 17.2 Å². The van der Waals surface area contributed by atoms with Gasteiger partial charge in [0.05, 0.1) is 13.2 Å². The van der Waals surface area contributed by atoms with Crippen LogP contribution in [-0.4, -0.2) is 24.2 Å². The Morgan fingerprint density at radius 1 is 1.35 bits per heavy atom. The van der Waals surface area contributed by atoms with E-state index in [2.05, 4.69) is 5.32 Å². The summed E-state index contributed by atoms with van der Waals surface area (Å²) in [4.78, 5) is 12.2. The predicted molar refractivity (Wildman–Crippen MR) is 90.9 cm³/mol. The number of thiophene rings is 1. The molecule has 3 rings (SSSR count). The van der Waals surface area contributed by atoms with E-state index in [0.29, 0.717) is 11.5 Å². The minimum Gasteiger partial charge on any atom is -0.493 e. The fourth-order valence-corrected chi connectivity index (χ4v) is 3.01. The van der Waals surface area contributed by atoms with E-state index in [-0.39, 0.29) is 12.5 Å². The summed E-state index contributed by atoms with van der Waals surface area (Å²) in [5.74, 6) is 1.30. The summed E-state index contributed by atoms with van der Waals surface area (Å²) in [5, 5.41) is 17.0. The lowest BCUT2D eigenvalue weighted by Crippen LogP contribution is -2.38. The van der Waals surface area contributed by atoms with Crippen LogP contribution in [0, 0.1) is 5.92 Å². The molecule has 122 valence electrons. The Hall–Kier alpha value is -1.85. The van der Waals surface area contributed by atoms with Gasteiger partial charge in [-0.2, -0.15) is 11.3 Å². The molecule has 0 saturated heterocycles. The quantitative estimate of drug-likeness (QED) is 0.819. The van der Waals surface area contributed by atoms with Crippen LogP contribution in [0.4, 0.5) is 0 Å². The number of rotatable bonds is 7. The highest BCUT2D eigenvalue weighted by atomic mass is 32.1. The number of nitrogens with one attached hydrogen (secondary N) is 1. The van der Waals surface area contributed by atoms with Crippen LogP contribution in [-0.2, 0) is 5.60 Å². The maximum atomic E-state index is 12.2. The Kier molecular flexibility index (Phi) is 4.68. The zero-order chi connectivity index (χ0) is 16.3. The molecule has 5 heteroatoms. The van der Waals surface area contributed by atoms with Crippen molar-refractivity contribution in [1.82, 2.24) is 5.32 Å². The molecule has 1 amide bonds. The Labute approximate surface area is 140 Å². The highest BCUT2D eigenvalue weighted by molar-refractivity contribution is 7.08. The van der Waals surface area contributed by atoms with Crippen molar-refractivity contribution in [2.24, 2.45) is 5.92 Å². The summed E-state index contributed by atoms with van der Waals surface area (Å²) in [5.41, 5.74) is 0.305. The molecule has 1 unspecified atom stereocenters. The van der Waals surface area contributed by atoms with Crippen LogP contribution < -0.4 is 10.1 Å². The molecule has 4 nitrogen and oxygen atoms in total. The van der Waals surface area contributed by atoms with Crippen LogP contribution in [0.15, 0.2) is 41.1 Å². The number of carbonyl (C=O) groups excluding carboxylic acids is 1. The molecule has 1 aliphatic carbocycles. The Morgan fingerprint density at radius 3 is 2.70 bits per heavy atom. The number of amides is 1. The van der Waals surface area contributed by atoms with E-state index in [1.54, 1.807) is 19.1 Å². The van der Waals surface area contributed by atoms with Gasteiger partial charge >= 0.3 is 0 Å². The minimum atomic E-state index is -1.07.